The van der Waals surface area contributed by atoms with Crippen molar-refractivity contribution in [3.05, 3.63) is 27.9 Å². The van der Waals surface area contributed by atoms with Gasteiger partial charge in [0.1, 0.15) is 11.9 Å². The monoisotopic (exact) mass is 194 g/mol. The van der Waals surface area contributed by atoms with Crippen LogP contribution in [-0.2, 0) is 0 Å². The summed E-state index contributed by atoms with van der Waals surface area (Å²) in [6, 6.07) is 0. The van der Waals surface area contributed by atoms with Crippen molar-refractivity contribution in [2.75, 3.05) is 0 Å². The van der Waals surface area contributed by atoms with Gasteiger partial charge < -0.3 is 10.1 Å². The number of aromatic carboxylic acids is 1. The van der Waals surface area contributed by atoms with Gasteiger partial charge >= 0.3 is 5.97 Å². The fraction of sp³-hybridized carbons (Fsp3) is 0.143. The van der Waals surface area contributed by atoms with E-state index in [0.29, 0.717) is 0 Å². The Balaban J connectivity index is 3.01. The van der Waals surface area contributed by atoms with Crippen molar-refractivity contribution in [3.63, 3.8) is 0 Å². The van der Waals surface area contributed by atoms with Crippen LogP contribution in [0.15, 0.2) is 11.1 Å². The summed E-state index contributed by atoms with van der Waals surface area (Å²) in [7, 11) is 0. The fourth-order valence-corrected chi connectivity index (χ4v) is 1.27. The van der Waals surface area contributed by atoms with E-state index in [1.54, 1.807) is 0 Å². The lowest BCUT2D eigenvalue weighted by molar-refractivity contribution is 0.0698. The van der Waals surface area contributed by atoms with Crippen LogP contribution in [0.2, 0.25) is 0 Å². The SMILES string of the molecule is Cc1nn2nc[nH]c(=O)c2c1C(=O)O. The van der Waals surface area contributed by atoms with E-state index in [1.807, 2.05) is 0 Å². The van der Waals surface area contributed by atoms with Crippen molar-refractivity contribution >= 4 is 11.5 Å². The van der Waals surface area contributed by atoms with Crippen molar-refractivity contribution in [2.24, 2.45) is 0 Å². The summed E-state index contributed by atoms with van der Waals surface area (Å²) in [5.74, 6) is -1.18. The number of carboxylic acid groups (broad SMARTS) is 1. The Morgan fingerprint density at radius 2 is 2.36 bits per heavy atom. The molecular weight excluding hydrogens is 188 g/mol. The summed E-state index contributed by atoms with van der Waals surface area (Å²) in [5, 5.41) is 16.3. The Morgan fingerprint density at radius 1 is 1.64 bits per heavy atom. The average molecular weight is 194 g/mol. The third kappa shape index (κ3) is 0.987. The van der Waals surface area contributed by atoms with Gasteiger partial charge in [0, 0.05) is 0 Å². The van der Waals surface area contributed by atoms with Crippen molar-refractivity contribution in [1.29, 1.82) is 0 Å². The van der Waals surface area contributed by atoms with E-state index in [9.17, 15) is 9.59 Å². The Kier molecular flexibility index (Phi) is 1.60. The molecule has 0 unspecified atom stereocenters. The lowest BCUT2D eigenvalue weighted by Crippen LogP contribution is -2.13. The van der Waals surface area contributed by atoms with Gasteiger partial charge in [0.05, 0.1) is 5.69 Å². The molecule has 0 bridgehead atoms. The molecule has 2 aromatic rings. The molecule has 0 radical (unpaired) electrons. The first kappa shape index (κ1) is 8.42. The molecule has 7 nitrogen and oxygen atoms in total. The van der Waals surface area contributed by atoms with Crippen LogP contribution in [0.4, 0.5) is 0 Å². The van der Waals surface area contributed by atoms with Gasteiger partial charge in [-0.3, -0.25) is 4.79 Å². The molecule has 2 rings (SSSR count). The van der Waals surface area contributed by atoms with Gasteiger partial charge in [-0.2, -0.15) is 5.10 Å². The third-order valence-corrected chi connectivity index (χ3v) is 1.84. The molecule has 2 heterocycles. The van der Waals surface area contributed by atoms with E-state index in [0.717, 1.165) is 11.0 Å². The zero-order valence-electron chi connectivity index (χ0n) is 7.18. The molecule has 2 N–H and O–H groups in total. The van der Waals surface area contributed by atoms with Gasteiger partial charge in [-0.15, -0.1) is 9.73 Å². The number of rotatable bonds is 1. The number of hydrogen-bond donors (Lipinski definition) is 2. The molecular formula is C7H6N4O3. The quantitative estimate of drug-likeness (QED) is 0.632. The molecule has 0 atom stereocenters. The standard InChI is InChI=1S/C7H6N4O3/c1-3-4(7(13)14)5-6(12)8-2-9-11(5)10-3/h2H,1H3,(H,13,14)(H,8,9,12). The molecule has 72 valence electrons. The lowest BCUT2D eigenvalue weighted by atomic mass is 10.2. The number of nitrogens with zero attached hydrogens (tertiary/aromatic N) is 3. The van der Waals surface area contributed by atoms with E-state index in [-0.39, 0.29) is 16.8 Å². The Labute approximate surface area is 77.0 Å². The largest absolute Gasteiger partial charge is 0.478 e. The van der Waals surface area contributed by atoms with E-state index in [2.05, 4.69) is 15.2 Å². The number of nitrogens with one attached hydrogen (secondary N) is 1. The number of fused-ring (bicyclic) bond motifs is 1. The molecule has 7 heteroatoms. The van der Waals surface area contributed by atoms with Crippen LogP contribution in [0.1, 0.15) is 16.1 Å². The average Bonchev–Trinajstić information content (AvgIpc) is 2.42. The van der Waals surface area contributed by atoms with E-state index in [4.69, 9.17) is 5.11 Å². The molecule has 0 spiro atoms. The topological polar surface area (TPSA) is 100 Å². The lowest BCUT2D eigenvalue weighted by Gasteiger charge is -1.90. The maximum absolute atomic E-state index is 11.3. The molecule has 0 aliphatic heterocycles. The summed E-state index contributed by atoms with van der Waals surface area (Å²) in [5.41, 5.74) is -0.406. The third-order valence-electron chi connectivity index (χ3n) is 1.84. The highest BCUT2D eigenvalue weighted by atomic mass is 16.4. The summed E-state index contributed by atoms with van der Waals surface area (Å²) in [4.78, 5) is 24.4. The number of carboxylic acids is 1. The van der Waals surface area contributed by atoms with Crippen LogP contribution in [0.3, 0.4) is 0 Å². The Morgan fingerprint density at radius 3 is 3.00 bits per heavy atom. The first-order valence-electron chi connectivity index (χ1n) is 3.78. The van der Waals surface area contributed by atoms with E-state index < -0.39 is 11.5 Å². The smallest absolute Gasteiger partial charge is 0.340 e. The number of hydrogen-bond acceptors (Lipinski definition) is 4. The van der Waals surface area contributed by atoms with Crippen LogP contribution in [0.5, 0.6) is 0 Å². The van der Waals surface area contributed by atoms with Crippen LogP contribution in [0, 0.1) is 6.92 Å². The molecule has 0 saturated heterocycles. The number of aryl methyl sites for hydroxylation is 1. The summed E-state index contributed by atoms with van der Waals surface area (Å²) in [6.07, 6.45) is 1.16. The highest BCUT2D eigenvalue weighted by Gasteiger charge is 2.18. The Bertz CT molecular complexity index is 568. The van der Waals surface area contributed by atoms with Crippen LogP contribution < -0.4 is 5.56 Å². The second-order valence-corrected chi connectivity index (χ2v) is 2.72. The number of aromatic amines is 1. The zero-order valence-corrected chi connectivity index (χ0v) is 7.18. The summed E-state index contributed by atoms with van der Waals surface area (Å²) >= 11 is 0. The highest BCUT2D eigenvalue weighted by molar-refractivity contribution is 5.96. The van der Waals surface area contributed by atoms with Crippen molar-refractivity contribution in [3.8, 4) is 0 Å². The van der Waals surface area contributed by atoms with Gasteiger partial charge in [0.15, 0.2) is 5.52 Å². The number of carbonyl (C=O) groups is 1. The van der Waals surface area contributed by atoms with Crippen LogP contribution in [0.25, 0.3) is 5.52 Å². The number of aromatic nitrogens is 4. The first-order valence-corrected chi connectivity index (χ1v) is 3.78. The minimum Gasteiger partial charge on any atom is -0.478 e. The molecule has 2 aromatic heterocycles. The minimum absolute atomic E-state index is 0.0440. The normalized spacial score (nSPS) is 10.6. The number of H-pyrrole nitrogens is 1. The fourth-order valence-electron chi connectivity index (χ4n) is 1.27. The molecule has 0 fully saturated rings. The van der Waals surface area contributed by atoms with Crippen molar-refractivity contribution in [2.45, 2.75) is 6.92 Å². The maximum Gasteiger partial charge on any atom is 0.340 e. The van der Waals surface area contributed by atoms with Crippen molar-refractivity contribution in [1.82, 2.24) is 19.8 Å². The first-order chi connectivity index (χ1) is 6.61. The maximum atomic E-state index is 11.3. The predicted octanol–water partition coefficient (Wildman–Crippen LogP) is -0.576. The van der Waals surface area contributed by atoms with Gasteiger partial charge in [-0.05, 0) is 6.92 Å². The second-order valence-electron chi connectivity index (χ2n) is 2.72. The van der Waals surface area contributed by atoms with Gasteiger partial charge in [-0.25, -0.2) is 4.79 Å². The van der Waals surface area contributed by atoms with E-state index >= 15 is 0 Å². The Hall–Kier alpha value is -2.18. The predicted molar refractivity (Wildman–Crippen MR) is 45.3 cm³/mol. The highest BCUT2D eigenvalue weighted by Crippen LogP contribution is 2.09. The minimum atomic E-state index is -1.18. The summed E-state index contributed by atoms with van der Waals surface area (Å²) in [6.45, 7) is 1.51. The van der Waals surface area contributed by atoms with Gasteiger partial charge in [-0.1, -0.05) is 0 Å². The molecule has 0 amide bonds. The molecule has 0 aliphatic rings. The van der Waals surface area contributed by atoms with Crippen LogP contribution in [-0.4, -0.2) is 30.9 Å². The second kappa shape index (κ2) is 2.66. The van der Waals surface area contributed by atoms with Crippen LogP contribution >= 0.6 is 0 Å². The molecule has 14 heavy (non-hydrogen) atoms. The molecule has 0 saturated carbocycles. The van der Waals surface area contributed by atoms with Crippen molar-refractivity contribution < 1.29 is 9.90 Å². The van der Waals surface area contributed by atoms with Gasteiger partial charge in [0.2, 0.25) is 0 Å². The zero-order chi connectivity index (χ0) is 10.3. The van der Waals surface area contributed by atoms with E-state index in [1.165, 1.54) is 6.92 Å². The molecule has 0 aliphatic carbocycles. The molecule has 0 aromatic carbocycles. The summed E-state index contributed by atoms with van der Waals surface area (Å²) < 4.78 is 1.01. The van der Waals surface area contributed by atoms with Gasteiger partial charge in [0.25, 0.3) is 5.56 Å².